The molecule has 0 saturated carbocycles. The van der Waals surface area contributed by atoms with Crippen molar-refractivity contribution in [3.8, 4) is 0 Å². The van der Waals surface area contributed by atoms with Gasteiger partial charge in [-0.3, -0.25) is 0 Å². The molecule has 0 bridgehead atoms. The summed E-state index contributed by atoms with van der Waals surface area (Å²) in [5, 5.41) is 12.2. The van der Waals surface area contributed by atoms with Crippen LogP contribution in [0, 0.1) is 4.91 Å². The molecule has 16 heavy (non-hydrogen) atoms. The maximum absolute atomic E-state index is 11.3. The molecule has 0 aliphatic rings. The third-order valence-corrected chi connectivity index (χ3v) is 1.83. The molecule has 0 radical (unpaired) electrons. The highest BCUT2D eigenvalue weighted by molar-refractivity contribution is 5.95. The Kier molecular flexibility index (Phi) is 4.20. The largest absolute Gasteiger partial charge is 0.505 e. The molecule has 0 aliphatic heterocycles. The molecule has 0 heterocycles. The molecule has 1 aromatic rings. The van der Waals surface area contributed by atoms with E-state index >= 15 is 0 Å². The van der Waals surface area contributed by atoms with E-state index in [4.69, 9.17) is 0 Å². The summed E-state index contributed by atoms with van der Waals surface area (Å²) in [4.78, 5) is 21.7. The fraction of sp³-hybridized carbons (Fsp3) is 0.182. The van der Waals surface area contributed by atoms with Crippen LogP contribution in [-0.4, -0.2) is 17.7 Å². The molecule has 0 fully saturated rings. The minimum absolute atomic E-state index is 0.111. The number of hydrogen-bond acceptors (Lipinski definition) is 5. The second kappa shape index (κ2) is 5.65. The van der Waals surface area contributed by atoms with Gasteiger partial charge in [-0.2, -0.15) is 0 Å². The lowest BCUT2D eigenvalue weighted by Gasteiger charge is -2.03. The van der Waals surface area contributed by atoms with Crippen molar-refractivity contribution in [1.29, 1.82) is 0 Å². The molecule has 84 valence electrons. The van der Waals surface area contributed by atoms with Gasteiger partial charge in [0.25, 0.3) is 0 Å². The van der Waals surface area contributed by atoms with Crippen LogP contribution < -0.4 is 0 Å². The number of carbonyl (C=O) groups is 1. The van der Waals surface area contributed by atoms with Crippen molar-refractivity contribution in [3.63, 3.8) is 0 Å². The van der Waals surface area contributed by atoms with Gasteiger partial charge in [-0.15, -0.1) is 4.91 Å². The molecule has 0 atom stereocenters. The van der Waals surface area contributed by atoms with Gasteiger partial charge in [0.1, 0.15) is 0 Å². The normalized spacial score (nSPS) is 11.6. The fourth-order valence-corrected chi connectivity index (χ4v) is 1.11. The highest BCUT2D eigenvalue weighted by Gasteiger charge is 2.18. The number of ether oxygens (including phenoxy) is 1. The summed E-state index contributed by atoms with van der Waals surface area (Å²) in [5.74, 6) is -1.41. The first-order valence-electron chi connectivity index (χ1n) is 4.69. The number of nitroso groups, excluding NO2 is 1. The van der Waals surface area contributed by atoms with Gasteiger partial charge in [0.05, 0.1) is 6.61 Å². The van der Waals surface area contributed by atoms with Gasteiger partial charge >= 0.3 is 5.97 Å². The number of nitrogens with zero attached hydrogens (tertiary/aromatic N) is 1. The predicted octanol–water partition coefficient (Wildman–Crippen LogP) is 2.24. The quantitative estimate of drug-likeness (QED) is 0.366. The number of rotatable bonds is 4. The molecule has 1 rings (SSSR count). The van der Waals surface area contributed by atoms with Crippen LogP contribution in [0.4, 0.5) is 0 Å². The number of aliphatic hydroxyl groups is 1. The SMILES string of the molecule is CCOC(=O)/C(N=O)=C(\O)c1ccccc1. The van der Waals surface area contributed by atoms with Crippen molar-refractivity contribution in [3.05, 3.63) is 46.5 Å². The molecule has 5 nitrogen and oxygen atoms in total. The maximum atomic E-state index is 11.3. The zero-order valence-electron chi connectivity index (χ0n) is 8.71. The number of carbonyl (C=O) groups excluding carboxylic acids is 1. The molecule has 0 aromatic heterocycles. The first-order valence-corrected chi connectivity index (χ1v) is 4.69. The fourth-order valence-electron chi connectivity index (χ4n) is 1.11. The van der Waals surface area contributed by atoms with Gasteiger partial charge in [-0.1, -0.05) is 30.3 Å². The van der Waals surface area contributed by atoms with E-state index in [9.17, 15) is 14.8 Å². The highest BCUT2D eigenvalue weighted by atomic mass is 16.5. The summed E-state index contributed by atoms with van der Waals surface area (Å²) in [6.45, 7) is 1.71. The van der Waals surface area contributed by atoms with Crippen LogP contribution in [0.15, 0.2) is 41.2 Å². The van der Waals surface area contributed by atoms with E-state index in [1.807, 2.05) is 0 Å². The van der Waals surface area contributed by atoms with Gasteiger partial charge in [0.2, 0.25) is 5.70 Å². The molecule has 0 aliphatic carbocycles. The summed E-state index contributed by atoms with van der Waals surface area (Å²) >= 11 is 0. The molecule has 1 N–H and O–H groups in total. The van der Waals surface area contributed by atoms with Gasteiger partial charge in [-0.25, -0.2) is 4.79 Å². The van der Waals surface area contributed by atoms with Gasteiger partial charge in [0.15, 0.2) is 5.76 Å². The van der Waals surface area contributed by atoms with Crippen molar-refractivity contribution in [2.75, 3.05) is 6.61 Å². The maximum Gasteiger partial charge on any atom is 0.364 e. The minimum Gasteiger partial charge on any atom is -0.505 e. The van der Waals surface area contributed by atoms with Gasteiger partial charge in [0, 0.05) is 5.56 Å². The first-order chi connectivity index (χ1) is 7.70. The second-order valence-electron chi connectivity index (χ2n) is 2.87. The summed E-state index contributed by atoms with van der Waals surface area (Å²) < 4.78 is 4.59. The van der Waals surface area contributed by atoms with E-state index < -0.39 is 17.4 Å². The zero-order chi connectivity index (χ0) is 12.0. The molecule has 0 spiro atoms. The second-order valence-corrected chi connectivity index (χ2v) is 2.87. The van der Waals surface area contributed by atoms with E-state index in [1.165, 1.54) is 0 Å². The van der Waals surface area contributed by atoms with Crippen LogP contribution in [0.2, 0.25) is 0 Å². The topological polar surface area (TPSA) is 76.0 Å². The minimum atomic E-state index is -0.932. The first kappa shape index (κ1) is 11.9. The van der Waals surface area contributed by atoms with Crippen molar-refractivity contribution in [2.45, 2.75) is 6.92 Å². The predicted molar refractivity (Wildman–Crippen MR) is 58.4 cm³/mol. The Bertz CT molecular complexity index is 411. The van der Waals surface area contributed by atoms with Crippen LogP contribution in [0.25, 0.3) is 5.76 Å². The number of hydrogen-bond donors (Lipinski definition) is 1. The number of aliphatic hydroxyl groups excluding tert-OH is 1. The average molecular weight is 221 g/mol. The van der Waals surface area contributed by atoms with E-state index in [1.54, 1.807) is 37.3 Å². The molecular weight excluding hydrogens is 210 g/mol. The summed E-state index contributed by atoms with van der Waals surface area (Å²) in [7, 11) is 0. The van der Waals surface area contributed by atoms with Crippen molar-refractivity contribution in [1.82, 2.24) is 0 Å². The molecule has 0 unspecified atom stereocenters. The van der Waals surface area contributed by atoms with Crippen molar-refractivity contribution in [2.24, 2.45) is 5.18 Å². The van der Waals surface area contributed by atoms with Crippen LogP contribution in [0.1, 0.15) is 12.5 Å². The molecule has 1 aromatic carbocycles. The lowest BCUT2D eigenvalue weighted by Crippen LogP contribution is -2.08. The third-order valence-electron chi connectivity index (χ3n) is 1.83. The Balaban J connectivity index is 3.09. The lowest BCUT2D eigenvalue weighted by atomic mass is 10.1. The van der Waals surface area contributed by atoms with Crippen LogP contribution >= 0.6 is 0 Å². The zero-order valence-corrected chi connectivity index (χ0v) is 8.71. The summed E-state index contributed by atoms with van der Waals surface area (Å²) in [5.41, 5.74) is -0.279. The Labute approximate surface area is 92.3 Å². The number of esters is 1. The standard InChI is InChI=1S/C11H11NO4/c1-2-16-11(14)9(12-15)10(13)8-6-4-3-5-7-8/h3-7,13H,2H2,1H3/b10-9+. The Morgan fingerprint density at radius 1 is 1.38 bits per heavy atom. The Hall–Kier alpha value is -2.17. The van der Waals surface area contributed by atoms with E-state index in [-0.39, 0.29) is 6.61 Å². The van der Waals surface area contributed by atoms with Crippen LogP contribution in [0.5, 0.6) is 0 Å². The lowest BCUT2D eigenvalue weighted by molar-refractivity contribution is -0.138. The smallest absolute Gasteiger partial charge is 0.364 e. The van der Waals surface area contributed by atoms with Crippen molar-refractivity contribution < 1.29 is 14.6 Å². The monoisotopic (exact) mass is 221 g/mol. The van der Waals surface area contributed by atoms with Gasteiger partial charge < -0.3 is 9.84 Å². The molecule has 0 amide bonds. The van der Waals surface area contributed by atoms with E-state index in [0.29, 0.717) is 5.56 Å². The van der Waals surface area contributed by atoms with Crippen LogP contribution in [-0.2, 0) is 9.53 Å². The molecule has 5 heteroatoms. The number of benzene rings is 1. The summed E-state index contributed by atoms with van der Waals surface area (Å²) in [6.07, 6.45) is 0. The molecule has 0 saturated heterocycles. The van der Waals surface area contributed by atoms with Crippen LogP contribution in [0.3, 0.4) is 0 Å². The van der Waals surface area contributed by atoms with Gasteiger partial charge in [-0.05, 0) is 12.1 Å². The Morgan fingerprint density at radius 2 is 2.00 bits per heavy atom. The Morgan fingerprint density at radius 3 is 2.50 bits per heavy atom. The average Bonchev–Trinajstić information content (AvgIpc) is 2.31. The van der Waals surface area contributed by atoms with E-state index in [2.05, 4.69) is 9.91 Å². The van der Waals surface area contributed by atoms with E-state index in [0.717, 1.165) is 0 Å². The van der Waals surface area contributed by atoms with Crippen molar-refractivity contribution >= 4 is 11.7 Å². The third kappa shape index (κ3) is 2.66. The summed E-state index contributed by atoms with van der Waals surface area (Å²) in [6, 6.07) is 8.19. The highest BCUT2D eigenvalue weighted by Crippen LogP contribution is 2.17. The molecular formula is C11H11NO4.